The van der Waals surface area contributed by atoms with Crippen LogP contribution in [0.5, 0.6) is 0 Å². The molecule has 176 valence electrons. The Morgan fingerprint density at radius 2 is 1.45 bits per heavy atom. The second kappa shape index (κ2) is 10.5. The van der Waals surface area contributed by atoms with Crippen LogP contribution >= 0.6 is 0 Å². The topological polar surface area (TPSA) is 95.6 Å². The van der Waals surface area contributed by atoms with E-state index in [-0.39, 0.29) is 28.7 Å². The summed E-state index contributed by atoms with van der Waals surface area (Å²) in [5.41, 5.74) is 0.954. The molecule has 0 unspecified atom stereocenters. The van der Waals surface area contributed by atoms with Crippen LogP contribution in [0, 0.1) is 5.92 Å². The van der Waals surface area contributed by atoms with Crippen molar-refractivity contribution in [1.82, 2.24) is 9.62 Å². The van der Waals surface area contributed by atoms with Gasteiger partial charge < -0.3 is 10.6 Å². The number of benzene rings is 2. The highest BCUT2D eigenvalue weighted by Gasteiger charge is 2.32. The van der Waals surface area contributed by atoms with Crippen molar-refractivity contribution in [1.29, 1.82) is 0 Å². The van der Waals surface area contributed by atoms with Gasteiger partial charge in [-0.2, -0.15) is 4.31 Å². The molecule has 4 rings (SSSR count). The zero-order valence-electron chi connectivity index (χ0n) is 18.7. The molecule has 1 saturated carbocycles. The Morgan fingerprint density at radius 1 is 0.818 bits per heavy atom. The quantitative estimate of drug-likeness (QED) is 0.673. The van der Waals surface area contributed by atoms with Crippen LogP contribution in [0.15, 0.2) is 59.5 Å². The van der Waals surface area contributed by atoms with Gasteiger partial charge in [-0.15, -0.1) is 0 Å². The number of amides is 2. The Balaban J connectivity index is 1.36. The minimum Gasteiger partial charge on any atom is -0.349 e. The van der Waals surface area contributed by atoms with E-state index in [0.29, 0.717) is 37.2 Å². The fourth-order valence-corrected chi connectivity index (χ4v) is 6.13. The van der Waals surface area contributed by atoms with Crippen molar-refractivity contribution in [2.45, 2.75) is 55.9 Å². The first kappa shape index (κ1) is 23.4. The number of piperidine rings is 1. The number of nitrogens with zero attached hydrogens (tertiary/aromatic N) is 1. The maximum atomic E-state index is 12.9. The molecular weight excluding hydrogens is 438 g/mol. The van der Waals surface area contributed by atoms with Crippen LogP contribution in [0.25, 0.3) is 0 Å². The van der Waals surface area contributed by atoms with Crippen molar-refractivity contribution < 1.29 is 18.0 Å². The van der Waals surface area contributed by atoms with Gasteiger partial charge in [-0.25, -0.2) is 8.42 Å². The largest absolute Gasteiger partial charge is 0.349 e. The zero-order chi connectivity index (χ0) is 23.3. The average Bonchev–Trinajstić information content (AvgIpc) is 2.85. The lowest BCUT2D eigenvalue weighted by atomic mass is 9.95. The maximum absolute atomic E-state index is 12.9. The Hall–Kier alpha value is -2.71. The first-order valence-corrected chi connectivity index (χ1v) is 13.1. The van der Waals surface area contributed by atoms with Gasteiger partial charge >= 0.3 is 0 Å². The monoisotopic (exact) mass is 469 g/mol. The average molecular weight is 470 g/mol. The second-order valence-corrected chi connectivity index (χ2v) is 10.8. The molecule has 33 heavy (non-hydrogen) atoms. The molecule has 1 aliphatic heterocycles. The molecule has 1 saturated heterocycles. The normalized spacial score (nSPS) is 18.5. The van der Waals surface area contributed by atoms with E-state index < -0.39 is 10.0 Å². The molecule has 2 aromatic carbocycles. The fraction of sp³-hybridized carbons (Fsp3) is 0.440. The van der Waals surface area contributed by atoms with Gasteiger partial charge in [-0.05, 0) is 49.9 Å². The summed E-state index contributed by atoms with van der Waals surface area (Å²) < 4.78 is 27.1. The van der Waals surface area contributed by atoms with E-state index in [4.69, 9.17) is 0 Å². The maximum Gasteiger partial charge on any atom is 0.253 e. The highest BCUT2D eigenvalue weighted by molar-refractivity contribution is 7.89. The summed E-state index contributed by atoms with van der Waals surface area (Å²) in [7, 11) is -3.55. The minimum atomic E-state index is -3.55. The van der Waals surface area contributed by atoms with Crippen molar-refractivity contribution in [2.24, 2.45) is 5.92 Å². The van der Waals surface area contributed by atoms with Crippen LogP contribution in [0.3, 0.4) is 0 Å². The minimum absolute atomic E-state index is 0.165. The number of hydrogen-bond donors (Lipinski definition) is 2. The van der Waals surface area contributed by atoms with E-state index in [1.165, 1.54) is 10.7 Å². The van der Waals surface area contributed by atoms with E-state index >= 15 is 0 Å². The van der Waals surface area contributed by atoms with E-state index in [2.05, 4.69) is 10.6 Å². The molecular formula is C25H31N3O4S. The Kier molecular flexibility index (Phi) is 7.45. The van der Waals surface area contributed by atoms with E-state index in [0.717, 1.165) is 25.7 Å². The molecule has 0 aromatic heterocycles. The smallest absolute Gasteiger partial charge is 0.253 e. The Morgan fingerprint density at radius 3 is 2.15 bits per heavy atom. The molecule has 1 aliphatic carbocycles. The van der Waals surface area contributed by atoms with Gasteiger partial charge in [0.1, 0.15) is 0 Å². The van der Waals surface area contributed by atoms with E-state index in [1.54, 1.807) is 54.6 Å². The second-order valence-electron chi connectivity index (χ2n) is 8.83. The van der Waals surface area contributed by atoms with Gasteiger partial charge in [-0.1, -0.05) is 49.6 Å². The predicted octanol–water partition coefficient (Wildman–Crippen LogP) is 3.79. The molecule has 1 heterocycles. The number of nitrogens with one attached hydrogen (secondary N) is 2. The van der Waals surface area contributed by atoms with Crippen LogP contribution < -0.4 is 10.6 Å². The van der Waals surface area contributed by atoms with Gasteiger partial charge in [0.15, 0.2) is 0 Å². The summed E-state index contributed by atoms with van der Waals surface area (Å²) in [4.78, 5) is 26.1. The standard InChI is InChI=1S/C25H31N3O4S/c29-24(19-15-17-28(18-16-19)33(31,32)21-11-5-2-6-12-21)27-23-14-8-7-13-22(23)25(30)26-20-9-3-1-4-10-20/h2,5-8,11-14,19-20H,1,3-4,9-10,15-18H2,(H,26,30)(H,27,29). The lowest BCUT2D eigenvalue weighted by Gasteiger charge is -2.30. The molecule has 2 aliphatic rings. The van der Waals surface area contributed by atoms with Crippen molar-refractivity contribution in [3.8, 4) is 0 Å². The fourth-order valence-electron chi connectivity index (χ4n) is 4.63. The summed E-state index contributed by atoms with van der Waals surface area (Å²) in [6, 6.07) is 15.6. The molecule has 0 radical (unpaired) electrons. The number of sulfonamides is 1. The first-order chi connectivity index (χ1) is 15.9. The third kappa shape index (κ3) is 5.62. The van der Waals surface area contributed by atoms with Gasteiger partial charge in [0.25, 0.3) is 5.91 Å². The van der Waals surface area contributed by atoms with Crippen molar-refractivity contribution in [3.63, 3.8) is 0 Å². The van der Waals surface area contributed by atoms with Gasteiger partial charge in [0.2, 0.25) is 15.9 Å². The van der Waals surface area contributed by atoms with Crippen molar-refractivity contribution in [2.75, 3.05) is 18.4 Å². The SMILES string of the molecule is O=C(NC1CCCCC1)c1ccccc1NC(=O)C1CCN(S(=O)(=O)c2ccccc2)CC1. The summed E-state index contributed by atoms with van der Waals surface area (Å²) in [6.07, 6.45) is 6.33. The molecule has 2 aromatic rings. The summed E-state index contributed by atoms with van der Waals surface area (Å²) in [5, 5.41) is 6.02. The number of anilines is 1. The molecule has 2 amide bonds. The number of rotatable bonds is 6. The van der Waals surface area contributed by atoms with Crippen LogP contribution in [0.1, 0.15) is 55.3 Å². The van der Waals surface area contributed by atoms with E-state index in [9.17, 15) is 18.0 Å². The lowest BCUT2D eigenvalue weighted by molar-refractivity contribution is -0.120. The lowest BCUT2D eigenvalue weighted by Crippen LogP contribution is -2.41. The van der Waals surface area contributed by atoms with Gasteiger partial charge in [-0.3, -0.25) is 9.59 Å². The van der Waals surface area contributed by atoms with E-state index in [1.807, 2.05) is 0 Å². The van der Waals surface area contributed by atoms with Crippen molar-refractivity contribution in [3.05, 3.63) is 60.2 Å². The highest BCUT2D eigenvalue weighted by Crippen LogP contribution is 2.26. The molecule has 2 N–H and O–H groups in total. The van der Waals surface area contributed by atoms with Crippen molar-refractivity contribution >= 4 is 27.5 Å². The summed E-state index contributed by atoms with van der Waals surface area (Å²) in [5.74, 6) is -0.645. The first-order valence-electron chi connectivity index (χ1n) is 11.7. The number of para-hydroxylation sites is 1. The third-order valence-corrected chi connectivity index (χ3v) is 8.49. The summed E-state index contributed by atoms with van der Waals surface area (Å²) >= 11 is 0. The third-order valence-electron chi connectivity index (χ3n) is 6.58. The Labute approximate surface area is 195 Å². The molecule has 0 spiro atoms. The zero-order valence-corrected chi connectivity index (χ0v) is 19.5. The molecule has 0 bridgehead atoms. The highest BCUT2D eigenvalue weighted by atomic mass is 32.2. The molecule has 0 atom stereocenters. The summed E-state index contributed by atoms with van der Waals surface area (Å²) in [6.45, 7) is 0.582. The van der Waals surface area contributed by atoms with Crippen LogP contribution in [0.2, 0.25) is 0 Å². The number of carbonyl (C=O) groups excluding carboxylic acids is 2. The van der Waals surface area contributed by atoms with Crippen LogP contribution in [0.4, 0.5) is 5.69 Å². The van der Waals surface area contributed by atoms with Gasteiger partial charge in [0, 0.05) is 25.0 Å². The molecule has 7 nitrogen and oxygen atoms in total. The number of carbonyl (C=O) groups is 2. The van der Waals surface area contributed by atoms with Gasteiger partial charge in [0.05, 0.1) is 16.1 Å². The van der Waals surface area contributed by atoms with Crippen LogP contribution in [-0.4, -0.2) is 43.7 Å². The molecule has 8 heteroatoms. The Bertz CT molecular complexity index is 1070. The van der Waals surface area contributed by atoms with Crippen LogP contribution in [-0.2, 0) is 14.8 Å². The molecule has 2 fully saturated rings. The number of hydrogen-bond acceptors (Lipinski definition) is 4. The predicted molar refractivity (Wildman–Crippen MR) is 127 cm³/mol.